The van der Waals surface area contributed by atoms with Crippen LogP contribution in [0.25, 0.3) is 0 Å². The highest BCUT2D eigenvalue weighted by molar-refractivity contribution is 6.30. The van der Waals surface area contributed by atoms with Crippen LogP contribution in [0, 0.1) is 5.41 Å². The van der Waals surface area contributed by atoms with Gasteiger partial charge in [0.25, 0.3) is 5.91 Å². The first-order valence-corrected chi connectivity index (χ1v) is 11.7. The van der Waals surface area contributed by atoms with Crippen LogP contribution in [0.4, 0.5) is 0 Å². The van der Waals surface area contributed by atoms with E-state index in [1.165, 1.54) is 4.90 Å². The Morgan fingerprint density at radius 2 is 2.06 bits per heavy atom. The van der Waals surface area contributed by atoms with E-state index in [0.717, 1.165) is 29.7 Å². The van der Waals surface area contributed by atoms with E-state index in [1.807, 2.05) is 32.0 Å². The number of nitrogens with one attached hydrogen (secondary N) is 3. The van der Waals surface area contributed by atoms with Gasteiger partial charge in [0.2, 0.25) is 5.91 Å². The number of carbonyl (C=O) groups is 2. The van der Waals surface area contributed by atoms with Gasteiger partial charge in [-0.2, -0.15) is 0 Å². The first-order chi connectivity index (χ1) is 15.8. The molecule has 0 spiro atoms. The Hall–Kier alpha value is -3.06. The van der Waals surface area contributed by atoms with Gasteiger partial charge in [-0.1, -0.05) is 37.6 Å². The van der Waals surface area contributed by atoms with Gasteiger partial charge in [0, 0.05) is 28.1 Å². The first-order valence-electron chi connectivity index (χ1n) is 11.3. The van der Waals surface area contributed by atoms with E-state index in [4.69, 9.17) is 21.7 Å². The Morgan fingerprint density at radius 1 is 1.27 bits per heavy atom. The molecule has 0 bridgehead atoms. The van der Waals surface area contributed by atoms with E-state index >= 15 is 0 Å². The molecular formula is C25H29ClN4O3. The summed E-state index contributed by atoms with van der Waals surface area (Å²) in [6, 6.07) is 12.4. The summed E-state index contributed by atoms with van der Waals surface area (Å²) in [7, 11) is 0. The molecule has 7 nitrogen and oxygen atoms in total. The van der Waals surface area contributed by atoms with Crippen LogP contribution in [0.5, 0.6) is 5.75 Å². The summed E-state index contributed by atoms with van der Waals surface area (Å²) in [5.74, 6) is 0.562. The van der Waals surface area contributed by atoms with Crippen LogP contribution in [0.1, 0.15) is 67.1 Å². The number of amides is 2. The number of guanidine groups is 1. The van der Waals surface area contributed by atoms with Gasteiger partial charge >= 0.3 is 0 Å². The van der Waals surface area contributed by atoms with Crippen molar-refractivity contribution in [2.45, 2.75) is 57.7 Å². The molecule has 33 heavy (non-hydrogen) atoms. The summed E-state index contributed by atoms with van der Waals surface area (Å²) < 4.78 is 5.68. The van der Waals surface area contributed by atoms with Crippen LogP contribution in [-0.4, -0.2) is 34.8 Å². The smallest absolute Gasteiger partial charge is 0.251 e. The summed E-state index contributed by atoms with van der Waals surface area (Å²) in [6.07, 6.45) is 2.57. The van der Waals surface area contributed by atoms with Crippen LogP contribution >= 0.6 is 11.6 Å². The zero-order chi connectivity index (χ0) is 23.6. The third kappa shape index (κ3) is 4.83. The van der Waals surface area contributed by atoms with Gasteiger partial charge in [-0.15, -0.1) is 0 Å². The SMILES string of the molecule is CCC1(CC)CC(=O)N(Cc2cccc(C(=O)N[C@H]3CCOc4ccc(Cl)cc43)c2)C(=N)N1. The highest BCUT2D eigenvalue weighted by Gasteiger charge is 2.38. The Labute approximate surface area is 199 Å². The summed E-state index contributed by atoms with van der Waals surface area (Å²) in [6.45, 7) is 4.81. The van der Waals surface area contributed by atoms with E-state index in [1.54, 1.807) is 24.3 Å². The molecule has 0 aromatic heterocycles. The summed E-state index contributed by atoms with van der Waals surface area (Å²) in [4.78, 5) is 27.3. The fourth-order valence-corrected chi connectivity index (χ4v) is 4.65. The van der Waals surface area contributed by atoms with Crippen molar-refractivity contribution >= 4 is 29.4 Å². The molecule has 2 aliphatic heterocycles. The van der Waals surface area contributed by atoms with Gasteiger partial charge in [-0.25, -0.2) is 0 Å². The predicted molar refractivity (Wildman–Crippen MR) is 128 cm³/mol. The molecule has 2 aliphatic rings. The highest BCUT2D eigenvalue weighted by Crippen LogP contribution is 2.34. The van der Waals surface area contributed by atoms with Crippen LogP contribution in [0.3, 0.4) is 0 Å². The number of fused-ring (bicyclic) bond motifs is 1. The van der Waals surface area contributed by atoms with E-state index in [9.17, 15) is 9.59 Å². The third-order valence-electron chi connectivity index (χ3n) is 6.64. The molecule has 2 aromatic carbocycles. The fraction of sp³-hybridized carbons (Fsp3) is 0.400. The monoisotopic (exact) mass is 468 g/mol. The topological polar surface area (TPSA) is 94.5 Å². The number of nitrogens with zero attached hydrogens (tertiary/aromatic N) is 1. The lowest BCUT2D eigenvalue weighted by atomic mass is 9.87. The zero-order valence-corrected chi connectivity index (χ0v) is 19.7. The molecule has 1 fully saturated rings. The van der Waals surface area contributed by atoms with Crippen molar-refractivity contribution in [2.24, 2.45) is 0 Å². The van der Waals surface area contributed by atoms with Crippen LogP contribution < -0.4 is 15.4 Å². The molecule has 174 valence electrons. The zero-order valence-electron chi connectivity index (χ0n) is 18.9. The van der Waals surface area contributed by atoms with Crippen molar-refractivity contribution in [3.05, 3.63) is 64.2 Å². The van der Waals surface area contributed by atoms with Crippen molar-refractivity contribution < 1.29 is 14.3 Å². The highest BCUT2D eigenvalue weighted by atomic mass is 35.5. The van der Waals surface area contributed by atoms with Crippen LogP contribution in [0.15, 0.2) is 42.5 Å². The lowest BCUT2D eigenvalue weighted by Crippen LogP contribution is -2.61. The molecular weight excluding hydrogens is 440 g/mol. The van der Waals surface area contributed by atoms with E-state index in [-0.39, 0.29) is 35.9 Å². The largest absolute Gasteiger partial charge is 0.493 e. The van der Waals surface area contributed by atoms with Gasteiger partial charge in [0.05, 0.1) is 25.6 Å². The number of benzene rings is 2. The second kappa shape index (κ2) is 9.43. The van der Waals surface area contributed by atoms with Gasteiger partial charge in [0.15, 0.2) is 5.96 Å². The second-order valence-corrected chi connectivity index (χ2v) is 9.10. The standard InChI is InChI=1S/C25H29ClN4O3/c1-3-25(4-2)14-22(31)30(24(27)29-25)15-16-6-5-7-17(12-16)23(32)28-20-10-11-33-21-9-8-18(26)13-19(20)21/h5-9,12-13,20H,3-4,10-11,14-15H2,1-2H3,(H2,27,29)(H,28,32)/t20-/m0/s1. The molecule has 0 saturated carbocycles. The Bertz CT molecular complexity index is 1060. The van der Waals surface area contributed by atoms with Gasteiger partial charge in [-0.05, 0) is 48.7 Å². The summed E-state index contributed by atoms with van der Waals surface area (Å²) in [5.41, 5.74) is 1.81. The van der Waals surface area contributed by atoms with Crippen LogP contribution in [-0.2, 0) is 11.3 Å². The molecule has 1 atom stereocenters. The summed E-state index contributed by atoms with van der Waals surface area (Å²) in [5, 5.41) is 15.3. The number of ether oxygens (including phenoxy) is 1. The molecule has 3 N–H and O–H groups in total. The van der Waals surface area contributed by atoms with E-state index in [2.05, 4.69) is 10.6 Å². The quantitative estimate of drug-likeness (QED) is 0.585. The summed E-state index contributed by atoms with van der Waals surface area (Å²) >= 11 is 6.15. The Balaban J connectivity index is 1.47. The molecule has 1 saturated heterocycles. The Kier molecular flexibility index (Phi) is 6.61. The third-order valence-corrected chi connectivity index (χ3v) is 6.88. The maximum atomic E-state index is 13.0. The van der Waals surface area contributed by atoms with Crippen molar-refractivity contribution in [1.29, 1.82) is 5.41 Å². The average Bonchev–Trinajstić information content (AvgIpc) is 2.82. The van der Waals surface area contributed by atoms with Gasteiger partial charge < -0.3 is 15.4 Å². The number of carbonyl (C=O) groups excluding carboxylic acids is 2. The minimum atomic E-state index is -0.352. The maximum absolute atomic E-state index is 13.0. The molecule has 0 radical (unpaired) electrons. The number of hydrogen-bond donors (Lipinski definition) is 3. The fourth-order valence-electron chi connectivity index (χ4n) is 4.47. The minimum Gasteiger partial charge on any atom is -0.493 e. The molecule has 2 heterocycles. The maximum Gasteiger partial charge on any atom is 0.251 e. The number of hydrogen-bond acceptors (Lipinski definition) is 4. The molecule has 2 aromatic rings. The second-order valence-electron chi connectivity index (χ2n) is 8.66. The average molecular weight is 469 g/mol. The number of rotatable bonds is 6. The van der Waals surface area contributed by atoms with Crippen molar-refractivity contribution in [1.82, 2.24) is 15.5 Å². The van der Waals surface area contributed by atoms with E-state index < -0.39 is 0 Å². The predicted octanol–water partition coefficient (Wildman–Crippen LogP) is 4.41. The molecule has 0 aliphatic carbocycles. The Morgan fingerprint density at radius 3 is 2.79 bits per heavy atom. The molecule has 4 rings (SSSR count). The van der Waals surface area contributed by atoms with Gasteiger partial charge in [-0.3, -0.25) is 19.9 Å². The van der Waals surface area contributed by atoms with Crippen molar-refractivity contribution in [3.63, 3.8) is 0 Å². The number of halogens is 1. The minimum absolute atomic E-state index is 0.0759. The van der Waals surface area contributed by atoms with Crippen molar-refractivity contribution in [3.8, 4) is 5.75 Å². The van der Waals surface area contributed by atoms with Gasteiger partial charge in [0.1, 0.15) is 5.75 Å². The molecule has 0 unspecified atom stereocenters. The molecule has 2 amide bonds. The lowest BCUT2D eigenvalue weighted by Gasteiger charge is -2.42. The normalized spacial score (nSPS) is 19.4. The lowest BCUT2D eigenvalue weighted by molar-refractivity contribution is -0.131. The first kappa shape index (κ1) is 23.1. The molecule has 8 heteroatoms. The van der Waals surface area contributed by atoms with Crippen molar-refractivity contribution in [2.75, 3.05) is 6.61 Å². The van der Waals surface area contributed by atoms with Crippen LogP contribution in [0.2, 0.25) is 5.02 Å². The van der Waals surface area contributed by atoms with E-state index in [0.29, 0.717) is 30.0 Å².